The van der Waals surface area contributed by atoms with Crippen LogP contribution in [0.25, 0.3) is 16.3 Å². The van der Waals surface area contributed by atoms with Gasteiger partial charge < -0.3 is 15.0 Å². The molecule has 3 heterocycles. The average Bonchev–Trinajstić information content (AvgIpc) is 3.34. The number of rotatable bonds is 3. The second-order valence-electron chi connectivity index (χ2n) is 7.39. The van der Waals surface area contributed by atoms with Crippen LogP contribution in [0.4, 0.5) is 10.5 Å². The number of carbonyl (C=O) groups is 1. The van der Waals surface area contributed by atoms with E-state index in [0.29, 0.717) is 23.9 Å². The Balaban J connectivity index is 1.35. The van der Waals surface area contributed by atoms with E-state index in [9.17, 15) is 4.79 Å². The highest BCUT2D eigenvalue weighted by Crippen LogP contribution is 2.30. The number of fused-ring (bicyclic) bond motifs is 3. The lowest BCUT2D eigenvalue weighted by atomic mass is 10.2. The molecule has 7 nitrogen and oxygen atoms in total. The molecule has 9 heteroatoms. The third-order valence-electron chi connectivity index (χ3n) is 5.40. The maximum Gasteiger partial charge on any atom is 0.322 e. The molecule has 0 spiro atoms. The Hall–Kier alpha value is -3.10. The summed E-state index contributed by atoms with van der Waals surface area (Å²) in [4.78, 5) is 21.3. The minimum absolute atomic E-state index is 0.131. The van der Waals surface area contributed by atoms with Crippen molar-refractivity contribution >= 4 is 39.6 Å². The molecule has 2 amide bonds. The van der Waals surface area contributed by atoms with Crippen LogP contribution in [-0.4, -0.2) is 39.2 Å². The Kier molecular flexibility index (Phi) is 5.03. The summed E-state index contributed by atoms with van der Waals surface area (Å²) >= 11 is 7.65. The average molecular weight is 454 g/mol. The van der Waals surface area contributed by atoms with Gasteiger partial charge in [-0.2, -0.15) is 4.98 Å². The van der Waals surface area contributed by atoms with E-state index >= 15 is 0 Å². The molecule has 0 bridgehead atoms. The molecule has 31 heavy (non-hydrogen) atoms. The lowest BCUT2D eigenvalue weighted by Gasteiger charge is -2.27. The number of carbonyl (C=O) groups excluding carboxylic acids is 1. The summed E-state index contributed by atoms with van der Waals surface area (Å²) in [6.07, 6.45) is 0.725. The number of aryl methyl sites for hydroxylation is 1. The Morgan fingerprint density at radius 1 is 1.23 bits per heavy atom. The minimum atomic E-state index is -0.131. The molecule has 0 saturated carbocycles. The van der Waals surface area contributed by atoms with Crippen LogP contribution in [0.5, 0.6) is 5.75 Å². The van der Waals surface area contributed by atoms with Gasteiger partial charge in [0.2, 0.25) is 4.96 Å². The highest BCUT2D eigenvalue weighted by molar-refractivity contribution is 7.17. The van der Waals surface area contributed by atoms with E-state index in [-0.39, 0.29) is 6.03 Å². The maximum atomic E-state index is 12.8. The van der Waals surface area contributed by atoms with E-state index in [1.54, 1.807) is 24.5 Å². The Morgan fingerprint density at radius 3 is 2.81 bits per heavy atom. The third-order valence-corrected chi connectivity index (χ3v) is 6.69. The van der Waals surface area contributed by atoms with E-state index in [1.165, 1.54) is 0 Å². The van der Waals surface area contributed by atoms with Gasteiger partial charge in [-0.3, -0.25) is 0 Å². The number of benzene rings is 2. The third kappa shape index (κ3) is 3.73. The fourth-order valence-electron chi connectivity index (χ4n) is 3.65. The minimum Gasteiger partial charge on any atom is -0.497 e. The molecular formula is C22H20ClN5O2S. The first-order chi connectivity index (χ1) is 15.0. The van der Waals surface area contributed by atoms with Gasteiger partial charge in [-0.1, -0.05) is 29.0 Å². The van der Waals surface area contributed by atoms with Gasteiger partial charge in [-0.15, -0.1) is 5.10 Å². The standard InChI is InChI=1S/C22H20ClN5O2S/c1-13-3-6-15(23)11-17(13)24-21(29)27-10-9-18-19(12-27)31-22-25-20(26-28(18)22)14-4-7-16(30-2)8-5-14/h3-8,11H,9-10,12H2,1-2H3,(H,24,29). The van der Waals surface area contributed by atoms with Gasteiger partial charge in [0.1, 0.15) is 5.75 Å². The van der Waals surface area contributed by atoms with Crippen LogP contribution in [0.1, 0.15) is 16.1 Å². The number of ether oxygens (including phenoxy) is 1. The molecule has 2 aromatic heterocycles. The Labute approximate surface area is 188 Å². The molecule has 0 atom stereocenters. The lowest BCUT2D eigenvalue weighted by Crippen LogP contribution is -2.38. The number of anilines is 1. The zero-order valence-electron chi connectivity index (χ0n) is 17.1. The Morgan fingerprint density at radius 2 is 2.03 bits per heavy atom. The van der Waals surface area contributed by atoms with E-state index < -0.39 is 0 Å². The maximum absolute atomic E-state index is 12.8. The summed E-state index contributed by atoms with van der Waals surface area (Å²) in [5, 5.41) is 8.29. The number of thiazole rings is 1. The summed E-state index contributed by atoms with van der Waals surface area (Å²) in [6, 6.07) is 13.1. The first kappa shape index (κ1) is 19.8. The van der Waals surface area contributed by atoms with Gasteiger partial charge in [0.25, 0.3) is 0 Å². The SMILES string of the molecule is COc1ccc(-c2nc3sc4c(n3n2)CCN(C(=O)Nc2cc(Cl)ccc2C)C4)cc1. The zero-order valence-corrected chi connectivity index (χ0v) is 18.6. The second-order valence-corrected chi connectivity index (χ2v) is 8.89. The molecule has 4 aromatic rings. The first-order valence-electron chi connectivity index (χ1n) is 9.85. The van der Waals surface area contributed by atoms with Gasteiger partial charge in [-0.05, 0) is 48.9 Å². The number of aromatic nitrogens is 3. The van der Waals surface area contributed by atoms with Crippen LogP contribution in [-0.2, 0) is 13.0 Å². The van der Waals surface area contributed by atoms with E-state index in [0.717, 1.165) is 44.5 Å². The number of hydrogen-bond donors (Lipinski definition) is 1. The number of hydrogen-bond acceptors (Lipinski definition) is 5. The summed E-state index contributed by atoms with van der Waals surface area (Å²) in [7, 11) is 1.64. The number of amides is 2. The smallest absolute Gasteiger partial charge is 0.322 e. The number of urea groups is 1. The highest BCUT2D eigenvalue weighted by atomic mass is 35.5. The molecule has 158 valence electrons. The molecule has 0 unspecified atom stereocenters. The number of halogens is 1. The summed E-state index contributed by atoms with van der Waals surface area (Å²) < 4.78 is 7.13. The Bertz CT molecular complexity index is 1280. The molecule has 2 aromatic carbocycles. The zero-order chi connectivity index (χ0) is 21.5. The van der Waals surface area contributed by atoms with Crippen molar-refractivity contribution in [2.75, 3.05) is 19.0 Å². The van der Waals surface area contributed by atoms with Crippen molar-refractivity contribution in [2.45, 2.75) is 19.9 Å². The predicted molar refractivity (Wildman–Crippen MR) is 122 cm³/mol. The van der Waals surface area contributed by atoms with Crippen LogP contribution in [0.3, 0.4) is 0 Å². The normalized spacial score (nSPS) is 13.3. The summed E-state index contributed by atoms with van der Waals surface area (Å²) in [5.41, 5.74) is 3.77. The van der Waals surface area contributed by atoms with Crippen molar-refractivity contribution in [2.24, 2.45) is 0 Å². The predicted octanol–water partition coefficient (Wildman–Crippen LogP) is 5.02. The van der Waals surface area contributed by atoms with Crippen LogP contribution in [0, 0.1) is 6.92 Å². The summed E-state index contributed by atoms with van der Waals surface area (Å²) in [5.74, 6) is 1.49. The van der Waals surface area contributed by atoms with E-state index in [2.05, 4.69) is 5.32 Å². The highest BCUT2D eigenvalue weighted by Gasteiger charge is 2.26. The number of nitrogens with one attached hydrogen (secondary N) is 1. The quantitative estimate of drug-likeness (QED) is 0.473. The van der Waals surface area contributed by atoms with Crippen LogP contribution in [0.2, 0.25) is 5.02 Å². The molecular weight excluding hydrogens is 434 g/mol. The summed E-state index contributed by atoms with van der Waals surface area (Å²) in [6.45, 7) is 3.09. The fraction of sp³-hybridized carbons (Fsp3) is 0.227. The molecule has 1 aliphatic rings. The first-order valence-corrected chi connectivity index (χ1v) is 11.0. The van der Waals surface area contributed by atoms with Crippen molar-refractivity contribution in [1.29, 1.82) is 0 Å². The van der Waals surface area contributed by atoms with Crippen molar-refractivity contribution in [1.82, 2.24) is 19.5 Å². The molecule has 5 rings (SSSR count). The van der Waals surface area contributed by atoms with Gasteiger partial charge in [0, 0.05) is 34.1 Å². The second kappa shape index (κ2) is 7.86. The topological polar surface area (TPSA) is 71.8 Å². The molecule has 0 aliphatic carbocycles. The number of methoxy groups -OCH3 is 1. The lowest BCUT2D eigenvalue weighted by molar-refractivity contribution is 0.206. The van der Waals surface area contributed by atoms with Gasteiger partial charge in [-0.25, -0.2) is 9.31 Å². The monoisotopic (exact) mass is 453 g/mol. The van der Waals surface area contributed by atoms with Crippen molar-refractivity contribution < 1.29 is 9.53 Å². The van der Waals surface area contributed by atoms with Gasteiger partial charge >= 0.3 is 6.03 Å². The van der Waals surface area contributed by atoms with Crippen molar-refractivity contribution in [3.63, 3.8) is 0 Å². The van der Waals surface area contributed by atoms with Crippen LogP contribution in [0.15, 0.2) is 42.5 Å². The largest absolute Gasteiger partial charge is 0.497 e. The fourth-order valence-corrected chi connectivity index (χ4v) is 4.94. The molecule has 0 saturated heterocycles. The van der Waals surface area contributed by atoms with E-state index in [1.807, 2.05) is 52.7 Å². The van der Waals surface area contributed by atoms with Crippen LogP contribution < -0.4 is 10.1 Å². The molecule has 1 N–H and O–H groups in total. The number of nitrogens with zero attached hydrogens (tertiary/aromatic N) is 4. The van der Waals surface area contributed by atoms with Crippen LogP contribution >= 0.6 is 22.9 Å². The van der Waals surface area contributed by atoms with Gasteiger partial charge in [0.05, 0.1) is 19.3 Å². The molecule has 0 radical (unpaired) electrons. The van der Waals surface area contributed by atoms with Crippen molar-refractivity contribution in [3.05, 3.63) is 63.6 Å². The van der Waals surface area contributed by atoms with Gasteiger partial charge in [0.15, 0.2) is 5.82 Å². The molecule has 0 fully saturated rings. The van der Waals surface area contributed by atoms with Crippen molar-refractivity contribution in [3.8, 4) is 17.1 Å². The molecule has 1 aliphatic heterocycles. The van der Waals surface area contributed by atoms with E-state index in [4.69, 9.17) is 26.4 Å².